The van der Waals surface area contributed by atoms with Crippen molar-refractivity contribution in [1.82, 2.24) is 25.6 Å². The summed E-state index contributed by atoms with van der Waals surface area (Å²) >= 11 is 1.42. The van der Waals surface area contributed by atoms with E-state index < -0.39 is 18.0 Å². The Kier molecular flexibility index (Phi) is 4.88. The monoisotopic (exact) mass is 309 g/mol. The number of nitrogens with zero attached hydrogens (tertiary/aromatic N) is 2. The number of carbonyl (C=O) groups excluding carboxylic acids is 1. The molecule has 2 atom stereocenters. The van der Waals surface area contributed by atoms with Gasteiger partial charge >= 0.3 is 12.0 Å². The Balaban J connectivity index is 1.90. The van der Waals surface area contributed by atoms with Crippen LogP contribution in [0.3, 0.4) is 0 Å². The van der Waals surface area contributed by atoms with Crippen LogP contribution < -0.4 is 10.6 Å². The first kappa shape index (κ1) is 15.0. The largest absolute Gasteiger partial charge is 0.480 e. The average Bonchev–Trinajstić information content (AvgIpc) is 3.10. The second-order valence-corrected chi connectivity index (χ2v) is 5.31. The first-order valence-corrected chi connectivity index (χ1v) is 7.10. The van der Waals surface area contributed by atoms with Gasteiger partial charge in [0.1, 0.15) is 11.0 Å². The zero-order chi connectivity index (χ0) is 15.2. The van der Waals surface area contributed by atoms with Crippen molar-refractivity contribution in [2.24, 2.45) is 0 Å². The van der Waals surface area contributed by atoms with Gasteiger partial charge in [-0.2, -0.15) is 0 Å². The number of imidazole rings is 1. The number of carbonyl (C=O) groups is 2. The summed E-state index contributed by atoms with van der Waals surface area (Å²) in [7, 11) is 0. The molecule has 0 spiro atoms. The van der Waals surface area contributed by atoms with Crippen molar-refractivity contribution in [2.75, 3.05) is 0 Å². The van der Waals surface area contributed by atoms with Gasteiger partial charge < -0.3 is 20.7 Å². The lowest BCUT2D eigenvalue weighted by Crippen LogP contribution is -2.47. The number of urea groups is 1. The molecule has 4 N–H and O–H groups in total. The smallest absolute Gasteiger partial charge is 0.326 e. The van der Waals surface area contributed by atoms with Crippen molar-refractivity contribution in [2.45, 2.75) is 25.4 Å². The van der Waals surface area contributed by atoms with E-state index in [-0.39, 0.29) is 12.5 Å². The quantitative estimate of drug-likeness (QED) is 0.632. The molecule has 2 rings (SSSR count). The summed E-state index contributed by atoms with van der Waals surface area (Å²) in [5.74, 6) is -1.11. The van der Waals surface area contributed by atoms with Gasteiger partial charge in [0.05, 0.1) is 12.4 Å². The van der Waals surface area contributed by atoms with Crippen LogP contribution in [-0.4, -0.2) is 38.1 Å². The third-order valence-corrected chi connectivity index (χ3v) is 3.71. The molecule has 2 aromatic rings. The zero-order valence-corrected chi connectivity index (χ0v) is 12.1. The van der Waals surface area contributed by atoms with E-state index in [4.69, 9.17) is 5.11 Å². The van der Waals surface area contributed by atoms with Crippen molar-refractivity contribution in [3.05, 3.63) is 34.8 Å². The molecule has 9 heteroatoms. The number of aliphatic carboxylic acids is 1. The lowest BCUT2D eigenvalue weighted by molar-refractivity contribution is -0.139. The summed E-state index contributed by atoms with van der Waals surface area (Å²) in [4.78, 5) is 33.8. The molecule has 1 unspecified atom stereocenters. The minimum atomic E-state index is -1.11. The summed E-state index contributed by atoms with van der Waals surface area (Å²) < 4.78 is 0. The Labute approximate surface area is 124 Å². The van der Waals surface area contributed by atoms with Gasteiger partial charge in [-0.3, -0.25) is 0 Å². The van der Waals surface area contributed by atoms with Gasteiger partial charge in [-0.25, -0.2) is 19.6 Å². The summed E-state index contributed by atoms with van der Waals surface area (Å²) in [6, 6.07) is -1.87. The Morgan fingerprint density at radius 3 is 2.86 bits per heavy atom. The highest BCUT2D eigenvalue weighted by Gasteiger charge is 2.22. The van der Waals surface area contributed by atoms with E-state index in [1.165, 1.54) is 23.9 Å². The molecule has 0 aliphatic rings. The third-order valence-electron chi connectivity index (χ3n) is 2.75. The maximum absolute atomic E-state index is 11.9. The average molecular weight is 309 g/mol. The number of rotatable bonds is 6. The first-order chi connectivity index (χ1) is 10.1. The standard InChI is InChI=1S/C12H15N5O3S/c1-7(10-14-2-3-21-10)16-12(20)17-9(11(18)19)4-8-5-13-6-15-8/h2-3,5-7,9H,4H2,1H3,(H,13,15)(H,18,19)(H2,16,17,20)/t7?,9-/m1/s1. The highest BCUT2D eigenvalue weighted by Crippen LogP contribution is 2.14. The van der Waals surface area contributed by atoms with E-state index in [9.17, 15) is 9.59 Å². The van der Waals surface area contributed by atoms with Gasteiger partial charge in [0.25, 0.3) is 0 Å². The fourth-order valence-electron chi connectivity index (χ4n) is 1.72. The SMILES string of the molecule is CC(NC(=O)N[C@H](Cc1cnc[nH]1)C(=O)O)c1nccs1. The van der Waals surface area contributed by atoms with Crippen molar-refractivity contribution >= 4 is 23.3 Å². The van der Waals surface area contributed by atoms with E-state index in [1.807, 2.05) is 5.38 Å². The highest BCUT2D eigenvalue weighted by atomic mass is 32.1. The number of carboxylic acid groups (broad SMARTS) is 1. The summed E-state index contributed by atoms with van der Waals surface area (Å²) in [5, 5.41) is 16.8. The molecule has 0 saturated heterocycles. The lowest BCUT2D eigenvalue weighted by atomic mass is 10.1. The fraction of sp³-hybridized carbons (Fsp3) is 0.333. The van der Waals surface area contributed by atoms with Crippen molar-refractivity contribution in [1.29, 1.82) is 0 Å². The second kappa shape index (κ2) is 6.84. The van der Waals surface area contributed by atoms with Gasteiger partial charge in [-0.1, -0.05) is 0 Å². The molecule has 112 valence electrons. The number of H-pyrrole nitrogens is 1. The van der Waals surface area contributed by atoms with Crippen molar-refractivity contribution in [3.8, 4) is 0 Å². The Morgan fingerprint density at radius 2 is 2.29 bits per heavy atom. The number of hydrogen-bond acceptors (Lipinski definition) is 5. The van der Waals surface area contributed by atoms with Crippen LogP contribution in [0, 0.1) is 0 Å². The van der Waals surface area contributed by atoms with Crippen LogP contribution in [0.2, 0.25) is 0 Å². The van der Waals surface area contributed by atoms with Crippen LogP contribution in [0.4, 0.5) is 4.79 Å². The van der Waals surface area contributed by atoms with E-state index in [1.54, 1.807) is 13.1 Å². The van der Waals surface area contributed by atoms with Crippen LogP contribution >= 0.6 is 11.3 Å². The number of aromatic nitrogens is 3. The van der Waals surface area contributed by atoms with Crippen LogP contribution in [0.25, 0.3) is 0 Å². The highest BCUT2D eigenvalue weighted by molar-refractivity contribution is 7.09. The molecular formula is C12H15N5O3S. The van der Waals surface area contributed by atoms with Crippen molar-refractivity contribution < 1.29 is 14.7 Å². The number of aromatic amines is 1. The van der Waals surface area contributed by atoms with Gasteiger partial charge in [0, 0.05) is 29.9 Å². The zero-order valence-electron chi connectivity index (χ0n) is 11.2. The molecular weight excluding hydrogens is 294 g/mol. The molecule has 0 radical (unpaired) electrons. The van der Waals surface area contributed by atoms with Gasteiger partial charge in [-0.05, 0) is 6.92 Å². The second-order valence-electron chi connectivity index (χ2n) is 4.38. The van der Waals surface area contributed by atoms with Crippen LogP contribution in [0.5, 0.6) is 0 Å². The molecule has 0 saturated carbocycles. The number of nitrogens with one attached hydrogen (secondary N) is 3. The predicted octanol–water partition coefficient (Wildman–Crippen LogP) is 0.922. The van der Waals surface area contributed by atoms with E-state index in [0.717, 1.165) is 5.01 Å². The summed E-state index contributed by atoms with van der Waals surface area (Å²) in [5.41, 5.74) is 0.635. The number of hydrogen-bond donors (Lipinski definition) is 4. The lowest BCUT2D eigenvalue weighted by Gasteiger charge is -2.16. The Morgan fingerprint density at radius 1 is 1.48 bits per heavy atom. The maximum atomic E-state index is 11.9. The van der Waals surface area contributed by atoms with E-state index in [0.29, 0.717) is 5.69 Å². The first-order valence-electron chi connectivity index (χ1n) is 6.22. The minimum absolute atomic E-state index is 0.133. The molecule has 8 nitrogen and oxygen atoms in total. The molecule has 2 heterocycles. The van der Waals surface area contributed by atoms with Crippen LogP contribution in [0.1, 0.15) is 23.7 Å². The molecule has 0 aliphatic heterocycles. The minimum Gasteiger partial charge on any atom is -0.480 e. The number of thiazole rings is 1. The molecule has 0 aromatic carbocycles. The number of amides is 2. The fourth-order valence-corrected chi connectivity index (χ4v) is 2.37. The maximum Gasteiger partial charge on any atom is 0.326 e. The van der Waals surface area contributed by atoms with E-state index >= 15 is 0 Å². The Hall–Kier alpha value is -2.42. The molecule has 2 amide bonds. The summed E-state index contributed by atoms with van der Waals surface area (Å²) in [6.07, 6.45) is 4.76. The summed E-state index contributed by atoms with van der Waals surface area (Å²) in [6.45, 7) is 1.78. The predicted molar refractivity (Wildman–Crippen MR) is 75.9 cm³/mol. The van der Waals surface area contributed by atoms with Crippen LogP contribution in [-0.2, 0) is 11.2 Å². The molecule has 2 aromatic heterocycles. The van der Waals surface area contributed by atoms with Gasteiger partial charge in [-0.15, -0.1) is 11.3 Å². The topological polar surface area (TPSA) is 120 Å². The molecule has 0 aliphatic carbocycles. The molecule has 21 heavy (non-hydrogen) atoms. The van der Waals surface area contributed by atoms with Crippen molar-refractivity contribution in [3.63, 3.8) is 0 Å². The Bertz CT molecular complexity index is 584. The molecule has 0 bridgehead atoms. The normalized spacial score (nSPS) is 13.4. The van der Waals surface area contributed by atoms with Gasteiger partial charge in [0.15, 0.2) is 0 Å². The number of carboxylic acids is 1. The molecule has 0 fully saturated rings. The third kappa shape index (κ3) is 4.28. The van der Waals surface area contributed by atoms with Gasteiger partial charge in [0.2, 0.25) is 0 Å². The van der Waals surface area contributed by atoms with E-state index in [2.05, 4.69) is 25.6 Å². The van der Waals surface area contributed by atoms with Crippen LogP contribution in [0.15, 0.2) is 24.1 Å².